The van der Waals surface area contributed by atoms with Crippen molar-refractivity contribution in [2.24, 2.45) is 7.05 Å². The molecule has 3 aromatic heterocycles. The summed E-state index contributed by atoms with van der Waals surface area (Å²) >= 11 is 9.41. The van der Waals surface area contributed by atoms with Crippen molar-refractivity contribution in [3.8, 4) is 11.5 Å². The molecule has 2 aromatic carbocycles. The average molecular weight is 496 g/mol. The highest BCUT2D eigenvalue weighted by atomic mass is 79.9. The Hall–Kier alpha value is -3.23. The zero-order valence-corrected chi connectivity index (χ0v) is 18.9. The van der Waals surface area contributed by atoms with Gasteiger partial charge in [0.25, 0.3) is 0 Å². The first-order valence-electron chi connectivity index (χ1n) is 9.43. The summed E-state index contributed by atoms with van der Waals surface area (Å²) in [6, 6.07) is 15.2. The number of aryl methyl sites for hydroxylation is 2. The number of rotatable bonds is 4. The van der Waals surface area contributed by atoms with Gasteiger partial charge in [-0.05, 0) is 70.9 Å². The van der Waals surface area contributed by atoms with E-state index in [1.54, 1.807) is 12.4 Å². The molecule has 1 N–H and O–H groups in total. The van der Waals surface area contributed by atoms with Crippen molar-refractivity contribution in [3.63, 3.8) is 0 Å². The van der Waals surface area contributed by atoms with E-state index in [4.69, 9.17) is 16.3 Å². The number of fused-ring (bicyclic) bond motifs is 2. The van der Waals surface area contributed by atoms with Gasteiger partial charge in [0, 0.05) is 18.8 Å². The fourth-order valence-electron chi connectivity index (χ4n) is 3.33. The highest BCUT2D eigenvalue weighted by molar-refractivity contribution is 9.10. The van der Waals surface area contributed by atoms with Gasteiger partial charge in [0.2, 0.25) is 0 Å². The van der Waals surface area contributed by atoms with Crippen LogP contribution >= 0.6 is 27.5 Å². The highest BCUT2D eigenvalue weighted by Crippen LogP contribution is 2.31. The Morgan fingerprint density at radius 1 is 1.00 bits per heavy atom. The van der Waals surface area contributed by atoms with Crippen molar-refractivity contribution in [2.45, 2.75) is 6.92 Å². The summed E-state index contributed by atoms with van der Waals surface area (Å²) in [4.78, 5) is 17.5. The number of nitrogens with one attached hydrogen (secondary N) is 1. The smallest absolute Gasteiger partial charge is 0.199 e. The van der Waals surface area contributed by atoms with Crippen molar-refractivity contribution in [1.82, 2.24) is 24.5 Å². The first kappa shape index (κ1) is 19.7. The number of hydrogen-bond acceptors (Lipinski definition) is 6. The van der Waals surface area contributed by atoms with Crippen LogP contribution in [-0.4, -0.2) is 24.5 Å². The summed E-state index contributed by atoms with van der Waals surface area (Å²) in [5.41, 5.74) is 5.05. The van der Waals surface area contributed by atoms with Crippen molar-refractivity contribution < 1.29 is 4.74 Å². The predicted molar refractivity (Wildman–Crippen MR) is 125 cm³/mol. The minimum atomic E-state index is 0.381. The molecule has 9 heteroatoms. The highest BCUT2D eigenvalue weighted by Gasteiger charge is 2.11. The van der Waals surface area contributed by atoms with Crippen LogP contribution in [0, 0.1) is 6.92 Å². The average Bonchev–Trinajstić information content (AvgIpc) is 3.11. The maximum atomic E-state index is 6.10. The number of aromatic nitrogens is 5. The van der Waals surface area contributed by atoms with Gasteiger partial charge in [-0.3, -0.25) is 0 Å². The minimum Gasteiger partial charge on any atom is -0.457 e. The number of pyridine rings is 1. The molecule has 0 amide bonds. The van der Waals surface area contributed by atoms with Gasteiger partial charge in [-0.1, -0.05) is 11.6 Å². The van der Waals surface area contributed by atoms with Crippen LogP contribution in [0.15, 0.2) is 59.6 Å². The van der Waals surface area contributed by atoms with Gasteiger partial charge in [-0.2, -0.15) is 0 Å². The molecule has 0 unspecified atom stereocenters. The number of hydrogen-bond donors (Lipinski definition) is 1. The Kier molecular flexibility index (Phi) is 4.95. The molecule has 3 heterocycles. The van der Waals surface area contributed by atoms with Gasteiger partial charge < -0.3 is 14.6 Å². The summed E-state index contributed by atoms with van der Waals surface area (Å²) in [5.74, 6) is 2.06. The number of halogens is 2. The number of nitrogens with zero attached hydrogens (tertiary/aromatic N) is 5. The number of ether oxygens (including phenoxy) is 1. The number of benzene rings is 2. The first-order valence-corrected chi connectivity index (χ1v) is 10.6. The van der Waals surface area contributed by atoms with E-state index in [-0.39, 0.29) is 0 Å². The Morgan fingerprint density at radius 3 is 2.71 bits per heavy atom. The SMILES string of the molecule is Cc1cc(Nc2nc(Br)nc3ccc(Cl)nc23)ccc1Oc1ccc2c(c1)ncn2C. The van der Waals surface area contributed by atoms with Crippen molar-refractivity contribution in [3.05, 3.63) is 70.3 Å². The third-order valence-electron chi connectivity index (χ3n) is 4.84. The Bertz CT molecular complexity index is 1450. The van der Waals surface area contributed by atoms with Crippen LogP contribution in [0.25, 0.3) is 22.1 Å². The van der Waals surface area contributed by atoms with Crippen molar-refractivity contribution in [1.29, 1.82) is 0 Å². The minimum absolute atomic E-state index is 0.381. The third-order valence-corrected chi connectivity index (χ3v) is 5.41. The van der Waals surface area contributed by atoms with E-state index in [0.29, 0.717) is 26.7 Å². The second-order valence-corrected chi connectivity index (χ2v) is 8.15. The Morgan fingerprint density at radius 2 is 1.87 bits per heavy atom. The monoisotopic (exact) mass is 494 g/mol. The molecule has 7 nitrogen and oxygen atoms in total. The summed E-state index contributed by atoms with van der Waals surface area (Å²) in [6.45, 7) is 1.99. The number of imidazole rings is 1. The molecule has 0 spiro atoms. The molecule has 5 aromatic rings. The Labute approximate surface area is 191 Å². The largest absolute Gasteiger partial charge is 0.457 e. The lowest BCUT2D eigenvalue weighted by atomic mass is 10.2. The molecule has 0 radical (unpaired) electrons. The summed E-state index contributed by atoms with van der Waals surface area (Å²) < 4.78 is 8.54. The van der Waals surface area contributed by atoms with Crippen LogP contribution in [0.4, 0.5) is 11.5 Å². The molecule has 154 valence electrons. The lowest BCUT2D eigenvalue weighted by Crippen LogP contribution is -1.99. The molecule has 31 heavy (non-hydrogen) atoms. The molecule has 0 aliphatic heterocycles. The Balaban J connectivity index is 1.43. The summed E-state index contributed by atoms with van der Waals surface area (Å²) in [7, 11) is 1.97. The molecule has 0 saturated heterocycles. The van der Waals surface area contributed by atoms with Crippen molar-refractivity contribution in [2.75, 3.05) is 5.32 Å². The van der Waals surface area contributed by atoms with E-state index < -0.39 is 0 Å². The molecule has 0 bridgehead atoms. The third kappa shape index (κ3) is 3.92. The van der Waals surface area contributed by atoms with Gasteiger partial charge in [-0.15, -0.1) is 0 Å². The lowest BCUT2D eigenvalue weighted by Gasteiger charge is -2.12. The van der Waals surface area contributed by atoms with Gasteiger partial charge in [0.15, 0.2) is 10.6 Å². The van der Waals surface area contributed by atoms with E-state index >= 15 is 0 Å². The van der Waals surface area contributed by atoms with Crippen LogP contribution in [0.1, 0.15) is 5.56 Å². The fraction of sp³-hybridized carbons (Fsp3) is 0.0909. The zero-order chi connectivity index (χ0) is 21.5. The van der Waals surface area contributed by atoms with Crippen molar-refractivity contribution >= 4 is 61.1 Å². The summed E-state index contributed by atoms with van der Waals surface area (Å²) in [6.07, 6.45) is 1.79. The van der Waals surface area contributed by atoms with Gasteiger partial charge in [0.1, 0.15) is 22.2 Å². The fourth-order valence-corrected chi connectivity index (χ4v) is 3.85. The molecular weight excluding hydrogens is 480 g/mol. The van der Waals surface area contributed by atoms with E-state index in [2.05, 4.69) is 41.2 Å². The summed E-state index contributed by atoms with van der Waals surface area (Å²) in [5, 5.41) is 3.68. The molecule has 0 aliphatic carbocycles. The van der Waals surface area contributed by atoms with Gasteiger partial charge >= 0.3 is 0 Å². The van der Waals surface area contributed by atoms with Crippen LogP contribution in [0.5, 0.6) is 11.5 Å². The van der Waals surface area contributed by atoms with E-state index in [1.165, 1.54) is 0 Å². The molecule has 0 atom stereocenters. The van der Waals surface area contributed by atoms with Gasteiger partial charge in [-0.25, -0.2) is 19.9 Å². The molecule has 0 fully saturated rings. The molecule has 5 rings (SSSR count). The topological polar surface area (TPSA) is 77.8 Å². The van der Waals surface area contributed by atoms with E-state index in [9.17, 15) is 0 Å². The van der Waals surface area contributed by atoms with E-state index in [1.807, 2.05) is 61.0 Å². The zero-order valence-electron chi connectivity index (χ0n) is 16.6. The molecule has 0 aliphatic rings. The van der Waals surface area contributed by atoms with Crippen LogP contribution in [-0.2, 0) is 7.05 Å². The maximum absolute atomic E-state index is 6.10. The number of anilines is 2. The second kappa shape index (κ2) is 7.79. The second-order valence-electron chi connectivity index (χ2n) is 7.06. The molecular formula is C22H16BrClN6O. The first-order chi connectivity index (χ1) is 15.0. The standard InChI is InChI=1S/C22H16BrClN6O/c1-12-9-13(26-21-20-15(27-22(23)29-21)5-8-19(24)28-20)3-7-18(12)31-14-4-6-17-16(10-14)25-11-30(17)2/h3-11H,1-2H3,(H,26,27,29). The molecule has 0 saturated carbocycles. The maximum Gasteiger partial charge on any atom is 0.199 e. The quantitative estimate of drug-likeness (QED) is 0.237. The van der Waals surface area contributed by atoms with Crippen LogP contribution in [0.3, 0.4) is 0 Å². The van der Waals surface area contributed by atoms with E-state index in [0.717, 1.165) is 33.8 Å². The van der Waals surface area contributed by atoms with Crippen LogP contribution in [0.2, 0.25) is 5.15 Å². The normalized spacial score (nSPS) is 11.2. The van der Waals surface area contributed by atoms with Gasteiger partial charge in [0.05, 0.1) is 22.9 Å². The van der Waals surface area contributed by atoms with Crippen LogP contribution < -0.4 is 10.1 Å². The predicted octanol–water partition coefficient (Wildman–Crippen LogP) is 6.17. The lowest BCUT2D eigenvalue weighted by molar-refractivity contribution is 0.479.